The van der Waals surface area contributed by atoms with Gasteiger partial charge < -0.3 is 10.1 Å². The molecule has 4 N–H and O–H groups in total. The highest BCUT2D eigenvalue weighted by atomic mass is 16.5. The third-order valence-corrected chi connectivity index (χ3v) is 2.32. The topological polar surface area (TPSA) is 71.7 Å². The average Bonchev–Trinajstić information content (AvgIpc) is 2.36. The molecule has 0 spiro atoms. The van der Waals surface area contributed by atoms with Gasteiger partial charge in [-0.15, -0.1) is 0 Å². The smallest absolute Gasteiger partial charge is 0.210 e. The van der Waals surface area contributed by atoms with Gasteiger partial charge in [0.1, 0.15) is 0 Å². The predicted molar refractivity (Wildman–Crippen MR) is 75.2 cm³/mol. The minimum Gasteiger partial charge on any atom is -0.380 e. The first-order valence-corrected chi connectivity index (χ1v) is 6.02. The fourth-order valence-electron chi connectivity index (χ4n) is 1.45. The van der Waals surface area contributed by atoms with E-state index in [-0.39, 0.29) is 0 Å². The zero-order valence-electron chi connectivity index (χ0n) is 11.2. The van der Waals surface area contributed by atoms with E-state index in [2.05, 4.69) is 29.6 Å². The normalized spacial score (nSPS) is 11.7. The lowest BCUT2D eigenvalue weighted by atomic mass is 10.2. The molecule has 0 bridgehead atoms. The van der Waals surface area contributed by atoms with Crippen LogP contribution in [-0.4, -0.2) is 19.6 Å². The maximum absolute atomic E-state index is 5.46. The summed E-state index contributed by atoms with van der Waals surface area (Å²) >= 11 is 0. The van der Waals surface area contributed by atoms with Crippen LogP contribution in [0.15, 0.2) is 29.3 Å². The van der Waals surface area contributed by atoms with E-state index in [0.29, 0.717) is 18.5 Å². The van der Waals surface area contributed by atoms with Crippen LogP contribution in [0.3, 0.4) is 0 Å². The Hall–Kier alpha value is -1.59. The Morgan fingerprint density at radius 2 is 2.11 bits per heavy atom. The van der Waals surface area contributed by atoms with Crippen molar-refractivity contribution in [3.8, 4) is 0 Å². The zero-order valence-corrected chi connectivity index (χ0v) is 11.2. The Labute approximate surface area is 108 Å². The number of hydrogen-bond donors (Lipinski definition) is 3. The second kappa shape index (κ2) is 7.68. The monoisotopic (exact) mass is 250 g/mol. The number of guanidine groups is 1. The van der Waals surface area contributed by atoms with E-state index >= 15 is 0 Å². The third-order valence-electron chi connectivity index (χ3n) is 2.32. The number of para-hydroxylation sites is 1. The molecular weight excluding hydrogens is 228 g/mol. The summed E-state index contributed by atoms with van der Waals surface area (Å²) in [7, 11) is 1.67. The summed E-state index contributed by atoms with van der Waals surface area (Å²) in [4.78, 5) is 4.37. The first kappa shape index (κ1) is 14.5. The summed E-state index contributed by atoms with van der Waals surface area (Å²) in [6.45, 7) is 5.48. The first-order chi connectivity index (χ1) is 8.67. The van der Waals surface area contributed by atoms with Crippen molar-refractivity contribution in [3.05, 3.63) is 29.8 Å². The van der Waals surface area contributed by atoms with Gasteiger partial charge in [0, 0.05) is 24.9 Å². The number of nitrogens with one attached hydrogen (secondary N) is 2. The largest absolute Gasteiger partial charge is 0.380 e. The molecule has 0 saturated heterocycles. The lowest BCUT2D eigenvalue weighted by molar-refractivity contribution is 0.185. The lowest BCUT2D eigenvalue weighted by Crippen LogP contribution is -2.36. The van der Waals surface area contributed by atoms with E-state index in [1.54, 1.807) is 7.11 Å². The highest BCUT2D eigenvalue weighted by Crippen LogP contribution is 2.15. The molecule has 0 aliphatic rings. The third kappa shape index (κ3) is 4.73. The predicted octanol–water partition coefficient (Wildman–Crippen LogP) is 1.72. The van der Waals surface area contributed by atoms with Crippen molar-refractivity contribution in [3.63, 3.8) is 0 Å². The van der Waals surface area contributed by atoms with Crippen molar-refractivity contribution in [2.75, 3.05) is 19.0 Å². The van der Waals surface area contributed by atoms with Crippen LogP contribution < -0.4 is 16.6 Å². The number of anilines is 1. The molecule has 100 valence electrons. The molecule has 0 aliphatic carbocycles. The number of hydrogen-bond acceptors (Lipinski definition) is 3. The van der Waals surface area contributed by atoms with Crippen molar-refractivity contribution < 1.29 is 4.74 Å². The Bertz CT molecular complexity index is 390. The standard InChI is InChI=1S/C13H22N4O/c1-10(2)8-15-13(17-14)16-12-7-5-4-6-11(12)9-18-3/h4-7,10H,8-9,14H2,1-3H3,(H2,15,16,17). The molecule has 1 aromatic carbocycles. The minimum atomic E-state index is 0.490. The molecule has 0 heterocycles. The lowest BCUT2D eigenvalue weighted by Gasteiger charge is -2.13. The van der Waals surface area contributed by atoms with Gasteiger partial charge in [0.2, 0.25) is 5.96 Å². The molecule has 5 heteroatoms. The summed E-state index contributed by atoms with van der Waals surface area (Å²) in [5.41, 5.74) is 4.58. The summed E-state index contributed by atoms with van der Waals surface area (Å²) in [6.07, 6.45) is 0. The van der Waals surface area contributed by atoms with Crippen molar-refractivity contribution in [1.82, 2.24) is 5.43 Å². The molecule has 0 aliphatic heterocycles. The van der Waals surface area contributed by atoms with Gasteiger partial charge in [0.25, 0.3) is 0 Å². The van der Waals surface area contributed by atoms with Gasteiger partial charge in [-0.1, -0.05) is 32.0 Å². The number of rotatable bonds is 5. The maximum Gasteiger partial charge on any atom is 0.210 e. The minimum absolute atomic E-state index is 0.490. The van der Waals surface area contributed by atoms with E-state index in [4.69, 9.17) is 10.6 Å². The van der Waals surface area contributed by atoms with E-state index < -0.39 is 0 Å². The number of aliphatic imine (C=N–C) groups is 1. The van der Waals surface area contributed by atoms with Crippen LogP contribution in [0.1, 0.15) is 19.4 Å². The fourth-order valence-corrected chi connectivity index (χ4v) is 1.45. The highest BCUT2D eigenvalue weighted by molar-refractivity contribution is 5.93. The summed E-state index contributed by atoms with van der Waals surface area (Å²) in [5, 5.41) is 3.17. The molecule has 0 saturated carbocycles. The molecule has 0 atom stereocenters. The van der Waals surface area contributed by atoms with Gasteiger partial charge in [0.15, 0.2) is 0 Å². The summed E-state index contributed by atoms with van der Waals surface area (Å²) < 4.78 is 5.15. The number of hydrazine groups is 1. The molecule has 0 amide bonds. The van der Waals surface area contributed by atoms with Crippen molar-refractivity contribution in [2.24, 2.45) is 16.8 Å². The van der Waals surface area contributed by atoms with Crippen molar-refractivity contribution in [1.29, 1.82) is 0 Å². The fraction of sp³-hybridized carbons (Fsp3) is 0.462. The van der Waals surface area contributed by atoms with E-state index in [9.17, 15) is 0 Å². The molecule has 1 rings (SSSR count). The zero-order chi connectivity index (χ0) is 13.4. The van der Waals surface area contributed by atoms with Crippen LogP contribution in [0.2, 0.25) is 0 Å². The Balaban J connectivity index is 2.78. The molecule has 0 radical (unpaired) electrons. The Morgan fingerprint density at radius 3 is 2.72 bits per heavy atom. The van der Waals surface area contributed by atoms with Crippen LogP contribution in [0.5, 0.6) is 0 Å². The molecule has 0 unspecified atom stereocenters. The first-order valence-electron chi connectivity index (χ1n) is 6.02. The van der Waals surface area contributed by atoms with E-state index in [0.717, 1.165) is 17.8 Å². The van der Waals surface area contributed by atoms with E-state index in [1.807, 2.05) is 24.3 Å². The van der Waals surface area contributed by atoms with Gasteiger partial charge in [-0.3, -0.25) is 10.4 Å². The van der Waals surface area contributed by atoms with Crippen molar-refractivity contribution >= 4 is 11.6 Å². The second-order valence-electron chi connectivity index (χ2n) is 4.44. The molecule has 5 nitrogen and oxygen atoms in total. The van der Waals surface area contributed by atoms with Crippen LogP contribution >= 0.6 is 0 Å². The van der Waals surface area contributed by atoms with Gasteiger partial charge in [-0.05, 0) is 12.0 Å². The molecule has 18 heavy (non-hydrogen) atoms. The van der Waals surface area contributed by atoms with Gasteiger partial charge in [0.05, 0.1) is 6.61 Å². The van der Waals surface area contributed by atoms with Gasteiger partial charge in [-0.25, -0.2) is 5.84 Å². The van der Waals surface area contributed by atoms with Gasteiger partial charge >= 0.3 is 0 Å². The van der Waals surface area contributed by atoms with Crippen LogP contribution in [-0.2, 0) is 11.3 Å². The van der Waals surface area contributed by atoms with Gasteiger partial charge in [-0.2, -0.15) is 0 Å². The Kier molecular flexibility index (Phi) is 6.18. The second-order valence-corrected chi connectivity index (χ2v) is 4.44. The van der Waals surface area contributed by atoms with Crippen LogP contribution in [0.25, 0.3) is 0 Å². The number of nitrogens with two attached hydrogens (primary N) is 1. The average molecular weight is 250 g/mol. The molecule has 0 fully saturated rings. The summed E-state index contributed by atoms with van der Waals surface area (Å²) in [6, 6.07) is 7.90. The molecule has 0 aromatic heterocycles. The quantitative estimate of drug-likeness (QED) is 0.322. The Morgan fingerprint density at radius 1 is 1.39 bits per heavy atom. The maximum atomic E-state index is 5.46. The van der Waals surface area contributed by atoms with E-state index in [1.165, 1.54) is 0 Å². The number of nitrogens with zero attached hydrogens (tertiary/aromatic N) is 1. The highest BCUT2D eigenvalue weighted by Gasteiger charge is 2.04. The van der Waals surface area contributed by atoms with Crippen molar-refractivity contribution in [2.45, 2.75) is 20.5 Å². The molecular formula is C13H22N4O. The molecule has 1 aromatic rings. The van der Waals surface area contributed by atoms with Crippen LogP contribution in [0, 0.1) is 5.92 Å². The number of benzene rings is 1. The number of ether oxygens (including phenoxy) is 1. The number of methoxy groups -OCH3 is 1. The van der Waals surface area contributed by atoms with Crippen LogP contribution in [0.4, 0.5) is 5.69 Å². The SMILES string of the molecule is COCc1ccccc1NC(=NCC(C)C)NN. The summed E-state index contributed by atoms with van der Waals surface area (Å²) in [5.74, 6) is 6.51.